The fourth-order valence-corrected chi connectivity index (χ4v) is 3.28. The van der Waals surface area contributed by atoms with Crippen molar-refractivity contribution in [3.05, 3.63) is 64.7 Å². The average Bonchev–Trinajstić information content (AvgIpc) is 2.91. The number of hydrogen-bond acceptors (Lipinski definition) is 3. The molecule has 0 spiro atoms. The topological polar surface area (TPSA) is 53.6 Å². The van der Waals surface area contributed by atoms with E-state index in [4.69, 9.17) is 5.26 Å². The molecule has 0 atom stereocenters. The molecule has 0 aliphatic carbocycles. The minimum atomic E-state index is -0.348. The van der Waals surface area contributed by atoms with Crippen LogP contribution in [0.15, 0.2) is 36.5 Å². The third-order valence-electron chi connectivity index (χ3n) is 4.40. The van der Waals surface area contributed by atoms with Crippen molar-refractivity contribution in [1.82, 2.24) is 14.9 Å². The number of rotatable bonds is 2. The number of nitrogens with zero attached hydrogens (tertiary/aromatic N) is 3. The van der Waals surface area contributed by atoms with Gasteiger partial charge < -0.3 is 9.88 Å². The second-order valence-electron chi connectivity index (χ2n) is 5.73. The molecule has 0 amide bonds. The Morgan fingerprint density at radius 3 is 3.09 bits per heavy atom. The summed E-state index contributed by atoms with van der Waals surface area (Å²) < 4.78 is 16.3. The van der Waals surface area contributed by atoms with Crippen molar-refractivity contribution in [3.8, 4) is 6.07 Å². The van der Waals surface area contributed by atoms with E-state index < -0.39 is 0 Å². The number of halogens is 1. The van der Waals surface area contributed by atoms with Crippen LogP contribution in [0.4, 0.5) is 4.39 Å². The smallest absolute Gasteiger partial charge is 0.140 e. The Morgan fingerprint density at radius 1 is 1.35 bits per heavy atom. The predicted molar refractivity (Wildman–Crippen MR) is 85.4 cm³/mol. The second kappa shape index (κ2) is 5.49. The first-order valence-electron chi connectivity index (χ1n) is 7.62. The molecule has 0 bridgehead atoms. The van der Waals surface area contributed by atoms with Crippen LogP contribution >= 0.6 is 0 Å². The number of nitriles is 1. The number of pyridine rings is 1. The maximum Gasteiger partial charge on any atom is 0.140 e. The third-order valence-corrected chi connectivity index (χ3v) is 4.40. The Hall–Kier alpha value is -2.71. The van der Waals surface area contributed by atoms with E-state index in [-0.39, 0.29) is 5.82 Å². The van der Waals surface area contributed by atoms with Crippen LogP contribution in [0.3, 0.4) is 0 Å². The Kier molecular flexibility index (Phi) is 3.32. The molecule has 0 unspecified atom stereocenters. The van der Waals surface area contributed by atoms with Gasteiger partial charge in [0.05, 0.1) is 18.2 Å². The number of fused-ring (bicyclic) bond motifs is 3. The molecule has 114 valence electrons. The molecule has 4 rings (SSSR count). The molecular formula is C18H15FN4. The molecule has 3 heterocycles. The summed E-state index contributed by atoms with van der Waals surface area (Å²) in [6, 6.07) is 10.6. The molecule has 5 heteroatoms. The zero-order valence-corrected chi connectivity index (χ0v) is 12.5. The number of aromatic nitrogens is 2. The van der Waals surface area contributed by atoms with Gasteiger partial charge in [0.2, 0.25) is 0 Å². The number of nitrogens with one attached hydrogen (secondary N) is 1. The van der Waals surface area contributed by atoms with Gasteiger partial charge in [0.1, 0.15) is 11.5 Å². The van der Waals surface area contributed by atoms with E-state index in [9.17, 15) is 4.39 Å². The van der Waals surface area contributed by atoms with E-state index >= 15 is 0 Å². The van der Waals surface area contributed by atoms with Gasteiger partial charge in [-0.3, -0.25) is 0 Å². The van der Waals surface area contributed by atoms with Crippen molar-refractivity contribution in [3.63, 3.8) is 0 Å². The molecule has 0 saturated heterocycles. The molecule has 1 aliphatic rings. The number of hydrogen-bond donors (Lipinski definition) is 1. The first-order valence-corrected chi connectivity index (χ1v) is 7.62. The van der Waals surface area contributed by atoms with E-state index in [0.29, 0.717) is 17.7 Å². The van der Waals surface area contributed by atoms with E-state index in [1.165, 1.54) is 17.3 Å². The molecule has 0 fully saturated rings. The van der Waals surface area contributed by atoms with Gasteiger partial charge in [-0.25, -0.2) is 9.37 Å². The Balaban J connectivity index is 1.85. The Labute approximate surface area is 133 Å². The monoisotopic (exact) mass is 306 g/mol. The van der Waals surface area contributed by atoms with E-state index in [0.717, 1.165) is 30.5 Å². The van der Waals surface area contributed by atoms with Crippen LogP contribution in [0, 0.1) is 17.1 Å². The first-order chi connectivity index (χ1) is 11.3. The van der Waals surface area contributed by atoms with Gasteiger partial charge in [0.15, 0.2) is 0 Å². The highest BCUT2D eigenvalue weighted by Crippen LogP contribution is 2.28. The lowest BCUT2D eigenvalue weighted by Crippen LogP contribution is -2.25. The average molecular weight is 306 g/mol. The van der Waals surface area contributed by atoms with E-state index in [1.54, 1.807) is 18.3 Å². The van der Waals surface area contributed by atoms with Crippen molar-refractivity contribution in [2.75, 3.05) is 6.54 Å². The highest BCUT2D eigenvalue weighted by atomic mass is 19.1. The summed E-state index contributed by atoms with van der Waals surface area (Å²) >= 11 is 0. The lowest BCUT2D eigenvalue weighted by atomic mass is 10.1. The van der Waals surface area contributed by atoms with Gasteiger partial charge in [0, 0.05) is 29.4 Å². The normalized spacial score (nSPS) is 13.7. The standard InChI is InChI=1S/C18H15FN4/c19-16-8-12(9-20)3-4-13(16)11-23-17-10-21-7-5-14(17)15-2-1-6-22-18(15)23/h1-4,6,8,21H,5,7,10-11H2. The van der Waals surface area contributed by atoms with E-state index in [2.05, 4.69) is 20.9 Å². The maximum absolute atomic E-state index is 14.3. The minimum Gasteiger partial charge on any atom is -0.324 e. The van der Waals surface area contributed by atoms with Gasteiger partial charge in [0.25, 0.3) is 0 Å². The van der Waals surface area contributed by atoms with E-state index in [1.807, 2.05) is 12.1 Å². The minimum absolute atomic E-state index is 0.338. The molecule has 2 aromatic heterocycles. The fourth-order valence-electron chi connectivity index (χ4n) is 3.28. The van der Waals surface area contributed by atoms with Gasteiger partial charge in [-0.05, 0) is 42.8 Å². The fraction of sp³-hybridized carbons (Fsp3) is 0.222. The molecule has 23 heavy (non-hydrogen) atoms. The van der Waals surface area contributed by atoms with Crippen LogP contribution < -0.4 is 5.32 Å². The van der Waals surface area contributed by atoms with Crippen molar-refractivity contribution < 1.29 is 4.39 Å². The van der Waals surface area contributed by atoms with Crippen LogP contribution in [-0.2, 0) is 19.5 Å². The van der Waals surface area contributed by atoms with Crippen molar-refractivity contribution in [2.24, 2.45) is 0 Å². The second-order valence-corrected chi connectivity index (χ2v) is 5.73. The molecular weight excluding hydrogens is 291 g/mol. The summed E-state index contributed by atoms with van der Waals surface area (Å²) in [6.07, 6.45) is 2.73. The molecule has 1 aromatic carbocycles. The lowest BCUT2D eigenvalue weighted by Gasteiger charge is -2.17. The van der Waals surface area contributed by atoms with Crippen LogP contribution in [0.5, 0.6) is 0 Å². The summed E-state index contributed by atoms with van der Waals surface area (Å²) in [4.78, 5) is 4.51. The quantitative estimate of drug-likeness (QED) is 0.792. The van der Waals surface area contributed by atoms with Crippen LogP contribution in [-0.4, -0.2) is 16.1 Å². The Bertz CT molecular complexity index is 936. The first kappa shape index (κ1) is 13.9. The summed E-state index contributed by atoms with van der Waals surface area (Å²) in [6.45, 7) is 2.14. The summed E-state index contributed by atoms with van der Waals surface area (Å²) in [7, 11) is 0. The molecule has 4 nitrogen and oxygen atoms in total. The molecule has 0 saturated carbocycles. The van der Waals surface area contributed by atoms with Gasteiger partial charge in [-0.1, -0.05) is 6.07 Å². The van der Waals surface area contributed by atoms with Crippen LogP contribution in [0.1, 0.15) is 22.4 Å². The van der Waals surface area contributed by atoms with Crippen LogP contribution in [0.2, 0.25) is 0 Å². The summed E-state index contributed by atoms with van der Waals surface area (Å²) in [5.41, 5.74) is 4.28. The molecule has 1 aliphatic heterocycles. The predicted octanol–water partition coefficient (Wildman–Crippen LogP) is 2.74. The highest BCUT2D eigenvalue weighted by molar-refractivity contribution is 5.82. The van der Waals surface area contributed by atoms with Crippen LogP contribution in [0.25, 0.3) is 11.0 Å². The van der Waals surface area contributed by atoms with Gasteiger partial charge in [-0.15, -0.1) is 0 Å². The largest absolute Gasteiger partial charge is 0.324 e. The summed E-state index contributed by atoms with van der Waals surface area (Å²) in [5, 5.41) is 13.4. The third kappa shape index (κ3) is 2.28. The zero-order chi connectivity index (χ0) is 15.8. The Morgan fingerprint density at radius 2 is 2.26 bits per heavy atom. The number of benzene rings is 1. The summed E-state index contributed by atoms with van der Waals surface area (Å²) in [5.74, 6) is -0.348. The van der Waals surface area contributed by atoms with Crippen molar-refractivity contribution in [1.29, 1.82) is 5.26 Å². The highest BCUT2D eigenvalue weighted by Gasteiger charge is 2.21. The lowest BCUT2D eigenvalue weighted by molar-refractivity contribution is 0.577. The zero-order valence-electron chi connectivity index (χ0n) is 12.5. The molecule has 3 aromatic rings. The maximum atomic E-state index is 14.3. The molecule has 1 N–H and O–H groups in total. The van der Waals surface area contributed by atoms with Gasteiger partial charge in [-0.2, -0.15) is 5.26 Å². The SMILES string of the molecule is N#Cc1ccc(Cn2c3c(c4cccnc42)CCNC3)c(F)c1. The molecule has 0 radical (unpaired) electrons. The van der Waals surface area contributed by atoms with Crippen molar-refractivity contribution >= 4 is 11.0 Å². The van der Waals surface area contributed by atoms with Crippen molar-refractivity contribution in [2.45, 2.75) is 19.5 Å². The van der Waals surface area contributed by atoms with Gasteiger partial charge >= 0.3 is 0 Å².